The lowest BCUT2D eigenvalue weighted by molar-refractivity contribution is -0.151. The molecule has 4 rings (SSSR count). The summed E-state index contributed by atoms with van der Waals surface area (Å²) >= 11 is 0. The highest BCUT2D eigenvalue weighted by molar-refractivity contribution is 7.89. The fourth-order valence-electron chi connectivity index (χ4n) is 6.58. The van der Waals surface area contributed by atoms with Crippen molar-refractivity contribution in [3.05, 3.63) is 34.9 Å². The molecule has 10 heteroatoms. The first-order valence-electron chi connectivity index (χ1n) is 12.5. The number of nitrogens with zero attached hydrogens (tertiary/aromatic N) is 4. The topological polar surface area (TPSA) is 111 Å². The normalized spacial score (nSPS) is 24.2. The van der Waals surface area contributed by atoms with Crippen molar-refractivity contribution in [2.45, 2.75) is 38.5 Å². The molecule has 1 saturated carbocycles. The van der Waals surface area contributed by atoms with Crippen molar-refractivity contribution in [3.8, 4) is 6.07 Å². The first kappa shape index (κ1) is 26.4. The Hall–Kier alpha value is -2.64. The molecule has 1 aromatic rings. The molecule has 196 valence electrons. The van der Waals surface area contributed by atoms with Gasteiger partial charge in [-0.3, -0.25) is 4.79 Å². The summed E-state index contributed by atoms with van der Waals surface area (Å²) in [6, 6.07) is 7.78. The number of carbonyl (C=O) groups excluding carboxylic acids is 2. The third-order valence-electron chi connectivity index (χ3n) is 8.30. The summed E-state index contributed by atoms with van der Waals surface area (Å²) < 4.78 is 33.8. The number of fused-ring (bicyclic) bond motifs is 1. The SMILES string of the molecule is COC(=O)C1(CS(=O)(=O)N2CCC(c3ccc(C#N)cc3C)CC2)C[C@H]2CN(C(=O)N(C)C)C[C@@H]2C1. The largest absolute Gasteiger partial charge is 0.469 e. The van der Waals surface area contributed by atoms with Gasteiger partial charge in [0.1, 0.15) is 0 Å². The van der Waals surface area contributed by atoms with E-state index >= 15 is 0 Å². The van der Waals surface area contributed by atoms with E-state index in [1.807, 2.05) is 25.1 Å². The summed E-state index contributed by atoms with van der Waals surface area (Å²) in [5.74, 6) is -0.289. The minimum absolute atomic E-state index is 0.0546. The van der Waals surface area contributed by atoms with E-state index in [1.54, 1.807) is 23.9 Å². The standard InChI is InChI=1S/C26H36N4O5S/c1-18-11-19(14-27)5-6-23(18)20-7-9-30(10-8-20)36(33,34)17-26(24(31)35-4)12-21-15-29(16-22(21)13-26)25(32)28(2)3/h5-6,11,20-22H,7-10,12-13,15-17H2,1-4H3/t21-,22-/m0/s1. The van der Waals surface area contributed by atoms with Crippen LogP contribution in [0.3, 0.4) is 0 Å². The van der Waals surface area contributed by atoms with Crippen molar-refractivity contribution in [2.24, 2.45) is 17.3 Å². The van der Waals surface area contributed by atoms with Crippen LogP contribution in [0.5, 0.6) is 0 Å². The monoisotopic (exact) mass is 516 g/mol. The van der Waals surface area contributed by atoms with Crippen LogP contribution in [0.25, 0.3) is 0 Å². The van der Waals surface area contributed by atoms with E-state index in [4.69, 9.17) is 10.00 Å². The fourth-order valence-corrected chi connectivity index (χ4v) is 8.58. The Balaban J connectivity index is 1.43. The van der Waals surface area contributed by atoms with Gasteiger partial charge in [-0.05, 0) is 73.6 Å². The van der Waals surface area contributed by atoms with Gasteiger partial charge < -0.3 is 14.5 Å². The van der Waals surface area contributed by atoms with E-state index in [1.165, 1.54) is 11.4 Å². The third kappa shape index (κ3) is 4.96. The smallest absolute Gasteiger partial charge is 0.319 e. The zero-order valence-electron chi connectivity index (χ0n) is 21.6. The molecule has 2 amide bonds. The van der Waals surface area contributed by atoms with Crippen LogP contribution >= 0.6 is 0 Å². The molecule has 1 aliphatic carbocycles. The van der Waals surface area contributed by atoms with Crippen LogP contribution in [0.4, 0.5) is 4.79 Å². The maximum Gasteiger partial charge on any atom is 0.319 e. The molecule has 9 nitrogen and oxygen atoms in total. The molecule has 2 heterocycles. The van der Waals surface area contributed by atoms with Gasteiger partial charge in [0, 0.05) is 40.3 Å². The zero-order valence-corrected chi connectivity index (χ0v) is 22.4. The summed E-state index contributed by atoms with van der Waals surface area (Å²) in [4.78, 5) is 28.7. The third-order valence-corrected chi connectivity index (χ3v) is 10.4. The van der Waals surface area contributed by atoms with Crippen molar-refractivity contribution in [3.63, 3.8) is 0 Å². The van der Waals surface area contributed by atoms with E-state index in [0.717, 1.165) is 11.1 Å². The molecule has 2 atom stereocenters. The number of carbonyl (C=O) groups is 2. The van der Waals surface area contributed by atoms with Crippen LogP contribution in [0, 0.1) is 35.5 Å². The van der Waals surface area contributed by atoms with Crippen molar-refractivity contribution in [1.82, 2.24) is 14.1 Å². The second-order valence-corrected chi connectivity index (χ2v) is 12.9. The quantitative estimate of drug-likeness (QED) is 0.556. The molecule has 0 N–H and O–H groups in total. The van der Waals surface area contributed by atoms with E-state index in [-0.39, 0.29) is 29.5 Å². The summed E-state index contributed by atoms with van der Waals surface area (Å²) in [6.07, 6.45) is 2.23. The van der Waals surface area contributed by atoms with Gasteiger partial charge in [-0.1, -0.05) is 6.07 Å². The number of methoxy groups -OCH3 is 1. The van der Waals surface area contributed by atoms with Gasteiger partial charge in [0.05, 0.1) is 29.9 Å². The van der Waals surface area contributed by atoms with Crippen molar-refractivity contribution >= 4 is 22.0 Å². The number of benzene rings is 1. The number of hydrogen-bond donors (Lipinski definition) is 0. The number of sulfonamides is 1. The first-order chi connectivity index (χ1) is 17.0. The van der Waals surface area contributed by atoms with Crippen LogP contribution in [0.2, 0.25) is 0 Å². The van der Waals surface area contributed by atoms with Crippen LogP contribution in [0.15, 0.2) is 18.2 Å². The molecular weight excluding hydrogens is 480 g/mol. The van der Waals surface area contributed by atoms with Crippen LogP contribution in [0.1, 0.15) is 48.3 Å². The summed E-state index contributed by atoms with van der Waals surface area (Å²) in [6.45, 7) is 3.87. The molecule has 0 aromatic heterocycles. The van der Waals surface area contributed by atoms with Gasteiger partial charge in [-0.2, -0.15) is 5.26 Å². The van der Waals surface area contributed by atoms with Crippen LogP contribution in [-0.2, 0) is 19.6 Å². The van der Waals surface area contributed by atoms with E-state index in [9.17, 15) is 18.0 Å². The minimum Gasteiger partial charge on any atom is -0.469 e. The van der Waals surface area contributed by atoms with E-state index in [2.05, 4.69) is 6.07 Å². The summed E-state index contributed by atoms with van der Waals surface area (Å²) in [7, 11) is 1.07. The van der Waals surface area contributed by atoms with Gasteiger partial charge in [0.15, 0.2) is 0 Å². The second kappa shape index (κ2) is 10.0. The highest BCUT2D eigenvalue weighted by atomic mass is 32.2. The molecular formula is C26H36N4O5S. The number of likely N-dealkylation sites (tertiary alicyclic amines) is 1. The van der Waals surface area contributed by atoms with Gasteiger partial charge in [0.2, 0.25) is 10.0 Å². The molecule has 0 bridgehead atoms. The zero-order chi connectivity index (χ0) is 26.3. The average molecular weight is 517 g/mol. The average Bonchev–Trinajstić information content (AvgIpc) is 3.39. The molecule has 0 spiro atoms. The molecule has 2 saturated heterocycles. The van der Waals surface area contributed by atoms with E-state index in [0.29, 0.717) is 57.4 Å². The maximum atomic E-state index is 13.6. The highest BCUT2D eigenvalue weighted by Crippen LogP contribution is 2.51. The number of aryl methyl sites for hydroxylation is 1. The maximum absolute atomic E-state index is 13.6. The summed E-state index contributed by atoms with van der Waals surface area (Å²) in [5, 5.41) is 9.12. The number of urea groups is 1. The molecule has 36 heavy (non-hydrogen) atoms. The number of piperidine rings is 1. The van der Waals surface area contributed by atoms with Crippen molar-refractivity contribution in [1.29, 1.82) is 5.26 Å². The van der Waals surface area contributed by atoms with Gasteiger partial charge >= 0.3 is 12.0 Å². The van der Waals surface area contributed by atoms with Crippen LogP contribution < -0.4 is 0 Å². The Morgan fingerprint density at radius 1 is 1.17 bits per heavy atom. The number of rotatable bonds is 5. The first-order valence-corrected chi connectivity index (χ1v) is 14.1. The van der Waals surface area contributed by atoms with Gasteiger partial charge in [-0.25, -0.2) is 17.5 Å². The number of hydrogen-bond acceptors (Lipinski definition) is 6. The minimum atomic E-state index is -3.68. The molecule has 3 fully saturated rings. The molecule has 2 aliphatic heterocycles. The Morgan fingerprint density at radius 3 is 2.28 bits per heavy atom. The number of amides is 2. The Kier molecular flexibility index (Phi) is 7.35. The fraction of sp³-hybridized carbons (Fsp3) is 0.654. The van der Waals surface area contributed by atoms with Gasteiger partial charge in [-0.15, -0.1) is 0 Å². The lowest BCUT2D eigenvalue weighted by Gasteiger charge is -2.35. The molecule has 0 unspecified atom stereocenters. The summed E-state index contributed by atoms with van der Waals surface area (Å²) in [5.41, 5.74) is 1.77. The Bertz CT molecular complexity index is 1150. The number of esters is 1. The lowest BCUT2D eigenvalue weighted by atomic mass is 9.86. The molecule has 3 aliphatic rings. The van der Waals surface area contributed by atoms with Crippen LogP contribution in [-0.4, -0.2) is 87.7 Å². The lowest BCUT2D eigenvalue weighted by Crippen LogP contribution is -2.46. The number of nitriles is 1. The predicted octanol–water partition coefficient (Wildman–Crippen LogP) is 2.56. The second-order valence-electron chi connectivity index (χ2n) is 10.9. The number of ether oxygens (including phenoxy) is 1. The molecule has 0 radical (unpaired) electrons. The van der Waals surface area contributed by atoms with Gasteiger partial charge in [0.25, 0.3) is 0 Å². The highest BCUT2D eigenvalue weighted by Gasteiger charge is 2.56. The van der Waals surface area contributed by atoms with Crippen molar-refractivity contribution in [2.75, 3.05) is 53.1 Å². The van der Waals surface area contributed by atoms with E-state index < -0.39 is 21.4 Å². The predicted molar refractivity (Wildman–Crippen MR) is 135 cm³/mol. The Morgan fingerprint density at radius 2 is 1.78 bits per heavy atom. The Labute approximate surface area is 214 Å². The molecule has 1 aromatic carbocycles. The van der Waals surface area contributed by atoms with Crippen molar-refractivity contribution < 1.29 is 22.7 Å².